The van der Waals surface area contributed by atoms with Crippen molar-refractivity contribution in [2.75, 3.05) is 13.2 Å². The first-order chi connectivity index (χ1) is 20.8. The topological polar surface area (TPSA) is 466 Å². The summed E-state index contributed by atoms with van der Waals surface area (Å²) in [5.74, 6) is -2.74. The number of carbonyl (C=O) groups excluding carboxylic acids is 1. The summed E-state index contributed by atoms with van der Waals surface area (Å²) in [5.41, 5.74) is 0. The molecule has 0 bridgehead atoms. The summed E-state index contributed by atoms with van der Waals surface area (Å²) in [6.07, 6.45) is -27.0. The molecule has 2 saturated heterocycles. The van der Waals surface area contributed by atoms with Gasteiger partial charge in [0, 0.05) is 0 Å². The fourth-order valence-corrected chi connectivity index (χ4v) is 6.33. The van der Waals surface area contributed by atoms with Gasteiger partial charge >= 0.3 is 207 Å². The zero-order valence-corrected chi connectivity index (χ0v) is 47.3. The first-order valence-electron chi connectivity index (χ1n) is 10.8. The van der Waals surface area contributed by atoms with E-state index in [0.717, 1.165) is 0 Å². The van der Waals surface area contributed by atoms with Gasteiger partial charge in [0.05, 0.1) is 19.2 Å². The Morgan fingerprint density at radius 3 is 1.09 bits per heavy atom. The second kappa shape index (κ2) is 28.5. The van der Waals surface area contributed by atoms with Crippen molar-refractivity contribution in [3.63, 3.8) is 0 Å². The minimum Gasteiger partial charge on any atom is -0.726 e. The SMILES string of the molecule is O=C([O-])[C@H]1O[C@@H](O[C@H]2[C@H](OS(=O)(=O)[O-])[C@@H](COS(=O)(=O)[O-])O[C@@H]2COS(=O)(=O)[O-])[C@H](OS(=O)(=O)[O-])[C@@H](OS(=O)(=O)[O-])[C@@H]1OS(=O)(=O)[O-].[Na+].[Na+].[Na+].[Na+].[Na+].[Na+].[Na+]. The number of aliphatic carboxylic acids is 1. The molecule has 0 aromatic heterocycles. The van der Waals surface area contributed by atoms with Crippen LogP contribution in [0.3, 0.4) is 0 Å². The average molecular weight is 975 g/mol. The van der Waals surface area contributed by atoms with Crippen molar-refractivity contribution in [1.29, 1.82) is 0 Å². The third-order valence-electron chi connectivity index (χ3n) is 5.09. The van der Waals surface area contributed by atoms with Crippen molar-refractivity contribution in [3.05, 3.63) is 0 Å². The Morgan fingerprint density at radius 1 is 0.444 bits per heavy atom. The molecule has 278 valence electrons. The van der Waals surface area contributed by atoms with E-state index >= 15 is 0 Å². The molecular formula is C12H13Na7O29S6. The molecule has 2 heterocycles. The fourth-order valence-electron chi connectivity index (χ4n) is 3.78. The molecule has 0 unspecified atom stereocenters. The van der Waals surface area contributed by atoms with Crippen molar-refractivity contribution in [1.82, 2.24) is 0 Å². The van der Waals surface area contributed by atoms with Crippen LogP contribution in [0.5, 0.6) is 0 Å². The molecule has 0 amide bonds. The van der Waals surface area contributed by atoms with Gasteiger partial charge in [-0.05, 0) is 0 Å². The van der Waals surface area contributed by atoms with Gasteiger partial charge in [0.25, 0.3) is 0 Å². The summed E-state index contributed by atoms with van der Waals surface area (Å²) in [6.45, 7) is -3.35. The van der Waals surface area contributed by atoms with E-state index in [1.54, 1.807) is 0 Å². The van der Waals surface area contributed by atoms with Crippen molar-refractivity contribution in [3.8, 4) is 0 Å². The maximum absolute atomic E-state index is 11.7. The van der Waals surface area contributed by atoms with Gasteiger partial charge in [-0.1, -0.05) is 0 Å². The van der Waals surface area contributed by atoms with Crippen LogP contribution in [0.25, 0.3) is 0 Å². The molecule has 0 aromatic rings. The Bertz CT molecular complexity index is 1830. The number of carboxylic acids is 1. The number of ether oxygens (including phenoxy) is 3. The summed E-state index contributed by atoms with van der Waals surface area (Å²) in [4.78, 5) is 11.7. The molecule has 2 aliphatic rings. The number of hydrogen-bond acceptors (Lipinski definition) is 29. The quantitative estimate of drug-likeness (QED) is 0.0742. The second-order valence-corrected chi connectivity index (χ2v) is 14.5. The normalized spacial score (nSPS) is 27.4. The van der Waals surface area contributed by atoms with Gasteiger partial charge in [-0.3, -0.25) is 25.1 Å². The molecule has 0 aromatic carbocycles. The van der Waals surface area contributed by atoms with E-state index in [4.69, 9.17) is 9.47 Å². The molecule has 9 atom stereocenters. The van der Waals surface area contributed by atoms with Gasteiger partial charge in [-0.2, -0.15) is 0 Å². The van der Waals surface area contributed by atoms with Crippen LogP contribution in [0.15, 0.2) is 0 Å². The van der Waals surface area contributed by atoms with E-state index in [9.17, 15) is 87.7 Å². The van der Waals surface area contributed by atoms with Crippen molar-refractivity contribution >= 4 is 68.4 Å². The van der Waals surface area contributed by atoms with Crippen LogP contribution in [0.1, 0.15) is 0 Å². The van der Waals surface area contributed by atoms with Crippen molar-refractivity contribution < 1.29 is 334 Å². The molecule has 0 N–H and O–H groups in total. The van der Waals surface area contributed by atoms with Crippen LogP contribution in [0.4, 0.5) is 0 Å². The molecular weight excluding hydrogens is 961 g/mol. The van der Waals surface area contributed by atoms with Crippen LogP contribution < -0.4 is 212 Å². The molecule has 2 aliphatic heterocycles. The van der Waals surface area contributed by atoms with Gasteiger partial charge in [0.2, 0.25) is 62.4 Å². The Balaban J connectivity index is -0.000000823. The fraction of sp³-hybridized carbons (Fsp3) is 0.917. The molecule has 42 heteroatoms. The molecule has 0 spiro atoms. The summed E-state index contributed by atoms with van der Waals surface area (Å²) >= 11 is 0. The standard InChI is InChI=1S/C12H20O29S6.7Na/c13-11(14)9-7(39-45(24,25)26)8(40-46(27,28)29)10(41-47(30,31)32)12(37-9)36-5-3(1-33-42(15,16)17)35-4(2-34-43(18,19)20)6(5)38-44(21,22)23;;;;;;;/h3-10,12H,1-2H2,(H,13,14)(H,15,16,17)(H,18,19,20)(H,21,22,23)(H,24,25,26)(H,27,28,29)(H,30,31,32);;;;;;;/q;7*+1/p-7/t3-,4-,5-,6-,7+,8+,9+,10-,12-;;;;;;;/m1......./s1. The summed E-state index contributed by atoms with van der Waals surface area (Å²) in [7, 11) is -36.4. The van der Waals surface area contributed by atoms with E-state index in [0.29, 0.717) is 0 Å². The number of hydrogen-bond donors (Lipinski definition) is 0. The third-order valence-corrected chi connectivity index (χ3v) is 7.78. The minimum absolute atomic E-state index is 0. The van der Waals surface area contributed by atoms with E-state index in [1.165, 1.54) is 0 Å². The van der Waals surface area contributed by atoms with Gasteiger partial charge in [-0.15, -0.1) is 0 Å². The maximum atomic E-state index is 11.7. The third kappa shape index (κ3) is 27.7. The largest absolute Gasteiger partial charge is 1.00 e. The molecule has 54 heavy (non-hydrogen) atoms. The zero-order chi connectivity index (χ0) is 36.6. The van der Waals surface area contributed by atoms with Crippen LogP contribution in [0.2, 0.25) is 0 Å². The maximum Gasteiger partial charge on any atom is 1.00 e. The predicted octanol–water partition coefficient (Wildman–Crippen LogP) is -30.0. The molecule has 2 fully saturated rings. The summed E-state index contributed by atoms with van der Waals surface area (Å²) in [5, 5.41) is 11.7. The predicted molar refractivity (Wildman–Crippen MR) is 117 cm³/mol. The van der Waals surface area contributed by atoms with Crippen molar-refractivity contribution in [2.45, 2.75) is 55.1 Å². The van der Waals surface area contributed by atoms with Gasteiger partial charge in [0.15, 0.2) is 12.4 Å². The molecule has 2 rings (SSSR count). The van der Waals surface area contributed by atoms with Gasteiger partial charge in [0.1, 0.15) is 42.7 Å². The van der Waals surface area contributed by atoms with Gasteiger partial charge in [-0.25, -0.2) is 50.5 Å². The molecule has 0 saturated carbocycles. The van der Waals surface area contributed by atoms with E-state index < -0.39 is 137 Å². The zero-order valence-electron chi connectivity index (χ0n) is 28.4. The molecule has 0 aliphatic carbocycles. The number of rotatable bonds is 17. The van der Waals surface area contributed by atoms with Crippen LogP contribution >= 0.6 is 0 Å². The average Bonchev–Trinajstić information content (AvgIpc) is 3.11. The van der Waals surface area contributed by atoms with E-state index in [2.05, 4.69) is 29.8 Å². The minimum atomic E-state index is -6.32. The number of carbonyl (C=O) groups is 1. The van der Waals surface area contributed by atoms with Crippen LogP contribution in [-0.2, 0) is 106 Å². The summed E-state index contributed by atoms with van der Waals surface area (Å²) < 4.78 is 240. The first-order valence-corrected chi connectivity index (χ1v) is 18.8. The Kier molecular flexibility index (Phi) is 37.5. The second-order valence-electron chi connectivity index (χ2n) is 8.32. The molecule has 29 nitrogen and oxygen atoms in total. The van der Waals surface area contributed by atoms with E-state index in [1.807, 2.05) is 0 Å². The van der Waals surface area contributed by atoms with Gasteiger partial charge < -0.3 is 51.4 Å². The number of carboxylic acid groups (broad SMARTS) is 1. The van der Waals surface area contributed by atoms with Crippen LogP contribution in [0, 0.1) is 0 Å². The first kappa shape index (κ1) is 71.2. The Morgan fingerprint density at radius 2 is 0.759 bits per heavy atom. The monoisotopic (exact) mass is 974 g/mol. The van der Waals surface area contributed by atoms with Crippen LogP contribution in [-0.4, -0.2) is 152 Å². The van der Waals surface area contributed by atoms with Crippen molar-refractivity contribution in [2.24, 2.45) is 0 Å². The molecule has 0 radical (unpaired) electrons. The Hall–Kier alpha value is 5.57. The summed E-state index contributed by atoms with van der Waals surface area (Å²) in [6, 6.07) is 0. The van der Waals surface area contributed by atoms with E-state index in [-0.39, 0.29) is 207 Å². The Labute approximate surface area is 462 Å². The smallest absolute Gasteiger partial charge is 0.726 e.